The molecule has 0 fully saturated rings. The van der Waals surface area contributed by atoms with Gasteiger partial charge in [0.05, 0.1) is 11.1 Å². The summed E-state index contributed by atoms with van der Waals surface area (Å²) < 4.78 is 0. The SMILES string of the molecule is Cc1cccc(C(=O)O)c1C(=O)O.Cl. The van der Waals surface area contributed by atoms with Gasteiger partial charge in [0, 0.05) is 0 Å². The third-order valence-electron chi connectivity index (χ3n) is 1.72. The Morgan fingerprint density at radius 2 is 1.71 bits per heavy atom. The molecular formula is C9H9ClO4. The van der Waals surface area contributed by atoms with Gasteiger partial charge in [0.15, 0.2) is 0 Å². The van der Waals surface area contributed by atoms with Crippen LogP contribution in [0.25, 0.3) is 0 Å². The van der Waals surface area contributed by atoms with Gasteiger partial charge in [-0.05, 0) is 18.6 Å². The number of carboxylic acids is 2. The number of hydrogen-bond donors (Lipinski definition) is 2. The summed E-state index contributed by atoms with van der Waals surface area (Å²) in [5, 5.41) is 17.4. The zero-order valence-corrected chi connectivity index (χ0v) is 8.17. The van der Waals surface area contributed by atoms with Gasteiger partial charge >= 0.3 is 11.9 Å². The van der Waals surface area contributed by atoms with Crippen LogP contribution in [0.3, 0.4) is 0 Å². The molecule has 0 unspecified atom stereocenters. The molecule has 0 amide bonds. The highest BCUT2D eigenvalue weighted by molar-refractivity contribution is 6.02. The van der Waals surface area contributed by atoms with Crippen molar-refractivity contribution in [1.82, 2.24) is 0 Å². The van der Waals surface area contributed by atoms with Crippen LogP contribution in [0.5, 0.6) is 0 Å². The highest BCUT2D eigenvalue weighted by atomic mass is 35.5. The number of aryl methyl sites for hydroxylation is 1. The second-order valence-corrected chi connectivity index (χ2v) is 2.61. The number of rotatable bonds is 2. The smallest absolute Gasteiger partial charge is 0.336 e. The third kappa shape index (κ3) is 2.23. The molecule has 0 aliphatic carbocycles. The van der Waals surface area contributed by atoms with E-state index in [1.54, 1.807) is 13.0 Å². The molecule has 76 valence electrons. The summed E-state index contributed by atoms with van der Waals surface area (Å²) in [6.45, 7) is 1.57. The fourth-order valence-corrected chi connectivity index (χ4v) is 1.13. The molecule has 0 saturated carbocycles. The Morgan fingerprint density at radius 1 is 1.14 bits per heavy atom. The van der Waals surface area contributed by atoms with Crippen molar-refractivity contribution in [1.29, 1.82) is 0 Å². The molecule has 0 atom stereocenters. The van der Waals surface area contributed by atoms with E-state index in [4.69, 9.17) is 10.2 Å². The lowest BCUT2D eigenvalue weighted by atomic mass is 10.0. The molecule has 2 N–H and O–H groups in total. The molecule has 0 aromatic heterocycles. The van der Waals surface area contributed by atoms with Crippen molar-refractivity contribution < 1.29 is 19.8 Å². The zero-order valence-electron chi connectivity index (χ0n) is 7.35. The van der Waals surface area contributed by atoms with Gasteiger partial charge in [0.25, 0.3) is 0 Å². The van der Waals surface area contributed by atoms with Crippen LogP contribution in [0.15, 0.2) is 18.2 Å². The van der Waals surface area contributed by atoms with E-state index in [1.807, 2.05) is 0 Å². The minimum Gasteiger partial charge on any atom is -0.478 e. The maximum atomic E-state index is 10.7. The van der Waals surface area contributed by atoms with Gasteiger partial charge < -0.3 is 10.2 Å². The summed E-state index contributed by atoms with van der Waals surface area (Å²) in [5.41, 5.74) is 0.134. The Kier molecular flexibility index (Phi) is 4.11. The van der Waals surface area contributed by atoms with Crippen LogP contribution >= 0.6 is 12.4 Å². The molecule has 0 spiro atoms. The number of halogens is 1. The number of benzene rings is 1. The number of hydrogen-bond acceptors (Lipinski definition) is 2. The highest BCUT2D eigenvalue weighted by Crippen LogP contribution is 2.13. The fourth-order valence-electron chi connectivity index (χ4n) is 1.13. The monoisotopic (exact) mass is 216 g/mol. The van der Waals surface area contributed by atoms with Gasteiger partial charge in [-0.2, -0.15) is 0 Å². The van der Waals surface area contributed by atoms with Gasteiger partial charge in [0.1, 0.15) is 0 Å². The molecule has 0 aliphatic rings. The second kappa shape index (κ2) is 4.62. The summed E-state index contributed by atoms with van der Waals surface area (Å²) in [5.74, 6) is -2.43. The van der Waals surface area contributed by atoms with Crippen LogP contribution in [0.1, 0.15) is 26.3 Å². The zero-order chi connectivity index (χ0) is 10.0. The third-order valence-corrected chi connectivity index (χ3v) is 1.72. The van der Waals surface area contributed by atoms with Crippen molar-refractivity contribution >= 4 is 24.3 Å². The van der Waals surface area contributed by atoms with E-state index < -0.39 is 11.9 Å². The molecule has 0 aliphatic heterocycles. The maximum Gasteiger partial charge on any atom is 0.336 e. The van der Waals surface area contributed by atoms with E-state index in [1.165, 1.54) is 12.1 Å². The average molecular weight is 217 g/mol. The topological polar surface area (TPSA) is 74.6 Å². The summed E-state index contributed by atoms with van der Waals surface area (Å²) in [7, 11) is 0. The van der Waals surface area contributed by atoms with E-state index in [0.29, 0.717) is 5.56 Å². The first kappa shape index (κ1) is 12.4. The van der Waals surface area contributed by atoms with E-state index in [0.717, 1.165) is 0 Å². The van der Waals surface area contributed by atoms with Gasteiger partial charge in [-0.15, -0.1) is 12.4 Å². The molecule has 14 heavy (non-hydrogen) atoms. The first-order valence-electron chi connectivity index (χ1n) is 3.60. The Labute approximate surface area is 86.6 Å². The highest BCUT2D eigenvalue weighted by Gasteiger charge is 2.17. The molecule has 0 radical (unpaired) electrons. The average Bonchev–Trinajstić information content (AvgIpc) is 2.02. The molecular weight excluding hydrogens is 208 g/mol. The summed E-state index contributed by atoms with van der Waals surface area (Å²) in [6.07, 6.45) is 0. The predicted molar refractivity (Wildman–Crippen MR) is 52.3 cm³/mol. The number of aromatic carboxylic acids is 2. The Hall–Kier alpha value is -1.55. The van der Waals surface area contributed by atoms with Crippen molar-refractivity contribution in [3.63, 3.8) is 0 Å². The molecule has 4 nitrogen and oxygen atoms in total. The molecule has 1 aromatic rings. The van der Waals surface area contributed by atoms with E-state index in [2.05, 4.69) is 0 Å². The van der Waals surface area contributed by atoms with Crippen molar-refractivity contribution in [3.8, 4) is 0 Å². The molecule has 0 heterocycles. The maximum absolute atomic E-state index is 10.7. The van der Waals surface area contributed by atoms with Crippen molar-refractivity contribution in [3.05, 3.63) is 34.9 Å². The minimum absolute atomic E-state index is 0. The van der Waals surface area contributed by atoms with Crippen LogP contribution < -0.4 is 0 Å². The second-order valence-electron chi connectivity index (χ2n) is 2.61. The summed E-state index contributed by atoms with van der Waals surface area (Å²) in [6, 6.07) is 4.36. The van der Waals surface area contributed by atoms with E-state index >= 15 is 0 Å². The van der Waals surface area contributed by atoms with Gasteiger partial charge in [-0.1, -0.05) is 12.1 Å². The van der Waals surface area contributed by atoms with Gasteiger partial charge in [-0.3, -0.25) is 0 Å². The molecule has 1 aromatic carbocycles. The summed E-state index contributed by atoms with van der Waals surface area (Å²) >= 11 is 0. The Balaban J connectivity index is 0.00000169. The standard InChI is InChI=1S/C9H8O4.ClH/c1-5-3-2-4-6(8(10)11)7(5)9(12)13;/h2-4H,1H3,(H,10,11)(H,12,13);1H. The fraction of sp³-hybridized carbons (Fsp3) is 0.111. The van der Waals surface area contributed by atoms with Crippen molar-refractivity contribution in [2.75, 3.05) is 0 Å². The minimum atomic E-state index is -1.22. The van der Waals surface area contributed by atoms with Crippen LogP contribution in [0.2, 0.25) is 0 Å². The van der Waals surface area contributed by atoms with E-state index in [-0.39, 0.29) is 23.5 Å². The lowest BCUT2D eigenvalue weighted by molar-refractivity contribution is 0.0651. The lowest BCUT2D eigenvalue weighted by Gasteiger charge is -2.03. The Bertz CT molecular complexity index is 373. The van der Waals surface area contributed by atoms with Crippen LogP contribution in [-0.4, -0.2) is 22.2 Å². The number of carboxylic acid groups (broad SMARTS) is 2. The number of carbonyl (C=O) groups is 2. The van der Waals surface area contributed by atoms with Crippen molar-refractivity contribution in [2.45, 2.75) is 6.92 Å². The van der Waals surface area contributed by atoms with Crippen molar-refractivity contribution in [2.24, 2.45) is 0 Å². The molecule has 5 heteroatoms. The van der Waals surface area contributed by atoms with E-state index in [9.17, 15) is 9.59 Å². The predicted octanol–water partition coefficient (Wildman–Crippen LogP) is 1.81. The molecule has 0 saturated heterocycles. The van der Waals surface area contributed by atoms with Crippen LogP contribution in [0, 0.1) is 6.92 Å². The first-order chi connectivity index (χ1) is 6.04. The lowest BCUT2D eigenvalue weighted by Crippen LogP contribution is -2.09. The van der Waals surface area contributed by atoms with Crippen LogP contribution in [-0.2, 0) is 0 Å². The normalized spacial score (nSPS) is 8.93. The summed E-state index contributed by atoms with van der Waals surface area (Å²) in [4.78, 5) is 21.3. The van der Waals surface area contributed by atoms with Crippen LogP contribution in [0.4, 0.5) is 0 Å². The Morgan fingerprint density at radius 3 is 2.07 bits per heavy atom. The quantitative estimate of drug-likeness (QED) is 0.791. The van der Waals surface area contributed by atoms with Gasteiger partial charge in [-0.25, -0.2) is 9.59 Å². The first-order valence-corrected chi connectivity index (χ1v) is 3.60. The molecule has 1 rings (SSSR count). The largest absolute Gasteiger partial charge is 0.478 e. The molecule has 0 bridgehead atoms. The van der Waals surface area contributed by atoms with Gasteiger partial charge in [0.2, 0.25) is 0 Å².